The van der Waals surface area contributed by atoms with Crippen LogP contribution in [-0.4, -0.2) is 47.8 Å². The first-order chi connectivity index (χ1) is 9.98. The van der Waals surface area contributed by atoms with Gasteiger partial charge in [0.05, 0.1) is 12.1 Å². The minimum absolute atomic E-state index is 0.112. The van der Waals surface area contributed by atoms with Gasteiger partial charge in [-0.25, -0.2) is 4.98 Å². The highest BCUT2D eigenvalue weighted by molar-refractivity contribution is 5.54. The quantitative estimate of drug-likeness (QED) is 0.839. The molecule has 2 fully saturated rings. The van der Waals surface area contributed by atoms with Gasteiger partial charge in [-0.3, -0.25) is 4.90 Å². The van der Waals surface area contributed by atoms with Crippen LogP contribution >= 0.6 is 0 Å². The van der Waals surface area contributed by atoms with Crippen LogP contribution < -0.4 is 4.90 Å². The standard InChI is InChI=1S/C14H15F3N4/c15-14(16,17)9-21-11-3-4-12(21)8-20(7-11)13-10(6-18)2-1-5-19-13/h1-2,5,11-12H,3-4,7-9H2. The Morgan fingerprint density at radius 3 is 2.52 bits per heavy atom. The van der Waals surface area contributed by atoms with E-state index in [9.17, 15) is 13.2 Å². The third-order valence-electron chi connectivity index (χ3n) is 4.20. The number of nitriles is 1. The van der Waals surface area contributed by atoms with Gasteiger partial charge in [0, 0.05) is 31.4 Å². The summed E-state index contributed by atoms with van der Waals surface area (Å²) in [5.41, 5.74) is 0.473. The highest BCUT2D eigenvalue weighted by Gasteiger charge is 2.45. The lowest BCUT2D eigenvalue weighted by Crippen LogP contribution is -2.56. The Morgan fingerprint density at radius 1 is 1.29 bits per heavy atom. The lowest BCUT2D eigenvalue weighted by Gasteiger charge is -2.41. The molecule has 2 aliphatic heterocycles. The minimum atomic E-state index is -4.16. The monoisotopic (exact) mass is 296 g/mol. The Bertz CT molecular complexity index is 552. The normalized spacial score (nSPS) is 25.9. The molecule has 0 N–H and O–H groups in total. The number of fused-ring (bicyclic) bond motifs is 2. The van der Waals surface area contributed by atoms with Crippen molar-refractivity contribution in [3.8, 4) is 6.07 Å². The molecular formula is C14H15F3N4. The predicted molar refractivity (Wildman–Crippen MR) is 70.7 cm³/mol. The second-order valence-electron chi connectivity index (χ2n) is 5.56. The summed E-state index contributed by atoms with van der Waals surface area (Å²) in [5.74, 6) is 0.587. The molecule has 2 atom stereocenters. The van der Waals surface area contributed by atoms with E-state index in [0.29, 0.717) is 24.5 Å². The molecule has 4 nitrogen and oxygen atoms in total. The van der Waals surface area contributed by atoms with Gasteiger partial charge < -0.3 is 4.90 Å². The zero-order valence-electron chi connectivity index (χ0n) is 11.3. The van der Waals surface area contributed by atoms with Gasteiger partial charge in [0.1, 0.15) is 11.9 Å². The van der Waals surface area contributed by atoms with E-state index in [1.54, 1.807) is 23.2 Å². The summed E-state index contributed by atoms with van der Waals surface area (Å²) in [4.78, 5) is 7.75. The Kier molecular flexibility index (Phi) is 3.49. The molecule has 3 rings (SSSR count). The molecule has 0 aliphatic carbocycles. The number of hydrogen-bond donors (Lipinski definition) is 0. The zero-order chi connectivity index (χ0) is 15.0. The number of piperazine rings is 1. The molecule has 0 saturated carbocycles. The van der Waals surface area contributed by atoms with Crippen LogP contribution in [0.3, 0.4) is 0 Å². The van der Waals surface area contributed by atoms with Crippen LogP contribution in [0.25, 0.3) is 0 Å². The number of nitrogens with zero attached hydrogens (tertiary/aromatic N) is 4. The minimum Gasteiger partial charge on any atom is -0.352 e. The third kappa shape index (κ3) is 2.81. The first-order valence-corrected chi connectivity index (χ1v) is 6.90. The number of hydrogen-bond acceptors (Lipinski definition) is 4. The van der Waals surface area contributed by atoms with Crippen molar-refractivity contribution >= 4 is 5.82 Å². The van der Waals surface area contributed by atoms with Crippen molar-refractivity contribution in [2.45, 2.75) is 31.1 Å². The van der Waals surface area contributed by atoms with Crippen LogP contribution in [0.1, 0.15) is 18.4 Å². The maximum absolute atomic E-state index is 12.6. The van der Waals surface area contributed by atoms with Gasteiger partial charge in [-0.1, -0.05) is 0 Å². The Morgan fingerprint density at radius 2 is 1.95 bits per heavy atom. The largest absolute Gasteiger partial charge is 0.401 e. The summed E-state index contributed by atoms with van der Waals surface area (Å²) < 4.78 is 37.9. The zero-order valence-corrected chi connectivity index (χ0v) is 11.3. The molecule has 0 spiro atoms. The van der Waals surface area contributed by atoms with Crippen LogP contribution in [0.5, 0.6) is 0 Å². The van der Waals surface area contributed by atoms with E-state index in [1.165, 1.54) is 0 Å². The van der Waals surface area contributed by atoms with E-state index >= 15 is 0 Å². The molecule has 7 heteroatoms. The van der Waals surface area contributed by atoms with Gasteiger partial charge in [-0.05, 0) is 25.0 Å². The first kappa shape index (κ1) is 14.1. The van der Waals surface area contributed by atoms with Crippen molar-refractivity contribution in [1.82, 2.24) is 9.88 Å². The van der Waals surface area contributed by atoms with E-state index in [2.05, 4.69) is 11.1 Å². The van der Waals surface area contributed by atoms with E-state index in [1.807, 2.05) is 4.90 Å². The molecule has 2 unspecified atom stereocenters. The smallest absolute Gasteiger partial charge is 0.352 e. The number of halogens is 3. The molecule has 0 amide bonds. The van der Waals surface area contributed by atoms with E-state index in [4.69, 9.17) is 5.26 Å². The van der Waals surface area contributed by atoms with Gasteiger partial charge in [-0.2, -0.15) is 18.4 Å². The number of aromatic nitrogens is 1. The second kappa shape index (κ2) is 5.19. The maximum atomic E-state index is 12.6. The van der Waals surface area contributed by atoms with Crippen LogP contribution in [0.2, 0.25) is 0 Å². The van der Waals surface area contributed by atoms with Crippen LogP contribution in [-0.2, 0) is 0 Å². The van der Waals surface area contributed by atoms with Crippen LogP contribution in [0, 0.1) is 11.3 Å². The maximum Gasteiger partial charge on any atom is 0.401 e. The van der Waals surface area contributed by atoms with E-state index in [0.717, 1.165) is 12.8 Å². The van der Waals surface area contributed by atoms with Gasteiger partial charge in [0.15, 0.2) is 0 Å². The van der Waals surface area contributed by atoms with Gasteiger partial charge in [0.25, 0.3) is 0 Å². The Balaban J connectivity index is 1.79. The summed E-state index contributed by atoms with van der Waals surface area (Å²) in [5, 5.41) is 9.13. The highest BCUT2D eigenvalue weighted by Crippen LogP contribution is 2.35. The van der Waals surface area contributed by atoms with Gasteiger partial charge in [0.2, 0.25) is 0 Å². The van der Waals surface area contributed by atoms with Crippen molar-refractivity contribution in [3.63, 3.8) is 0 Å². The molecule has 1 aromatic heterocycles. The molecule has 0 radical (unpaired) electrons. The summed E-state index contributed by atoms with van der Waals surface area (Å²) in [7, 11) is 0. The average Bonchev–Trinajstić information content (AvgIpc) is 2.68. The molecule has 0 aromatic carbocycles. The van der Waals surface area contributed by atoms with Crippen molar-refractivity contribution in [1.29, 1.82) is 5.26 Å². The summed E-state index contributed by atoms with van der Waals surface area (Å²) in [6.07, 6.45) is -1.01. The Labute approximate surface area is 120 Å². The lowest BCUT2D eigenvalue weighted by molar-refractivity contribution is -0.153. The van der Waals surface area contributed by atoms with Crippen LogP contribution in [0.4, 0.5) is 19.0 Å². The van der Waals surface area contributed by atoms with Crippen LogP contribution in [0.15, 0.2) is 18.3 Å². The average molecular weight is 296 g/mol. The topological polar surface area (TPSA) is 43.2 Å². The Hall–Kier alpha value is -1.81. The number of rotatable bonds is 2. The fourth-order valence-corrected chi connectivity index (χ4v) is 3.36. The number of alkyl halides is 3. The van der Waals surface area contributed by atoms with Gasteiger partial charge >= 0.3 is 6.18 Å². The van der Waals surface area contributed by atoms with Crippen molar-refractivity contribution < 1.29 is 13.2 Å². The molecule has 112 valence electrons. The van der Waals surface area contributed by atoms with E-state index < -0.39 is 12.7 Å². The first-order valence-electron chi connectivity index (χ1n) is 6.90. The number of pyridine rings is 1. The highest BCUT2D eigenvalue weighted by atomic mass is 19.4. The predicted octanol–water partition coefficient (Wildman–Crippen LogP) is 2.17. The molecule has 1 aromatic rings. The molecule has 2 aliphatic rings. The fourth-order valence-electron chi connectivity index (χ4n) is 3.36. The lowest BCUT2D eigenvalue weighted by atomic mass is 10.1. The summed E-state index contributed by atoms with van der Waals surface area (Å²) in [6.45, 7) is 0.153. The van der Waals surface area contributed by atoms with Gasteiger partial charge in [-0.15, -0.1) is 0 Å². The fraction of sp³-hybridized carbons (Fsp3) is 0.571. The molecule has 2 saturated heterocycles. The summed E-state index contributed by atoms with van der Waals surface area (Å²) >= 11 is 0. The second-order valence-corrected chi connectivity index (χ2v) is 5.56. The molecule has 3 heterocycles. The van der Waals surface area contributed by atoms with E-state index in [-0.39, 0.29) is 12.1 Å². The SMILES string of the molecule is N#Cc1cccnc1N1CC2CCC(C1)N2CC(F)(F)F. The third-order valence-corrected chi connectivity index (χ3v) is 4.20. The number of anilines is 1. The van der Waals surface area contributed by atoms with Crippen molar-refractivity contribution in [2.75, 3.05) is 24.5 Å². The van der Waals surface area contributed by atoms with Crippen molar-refractivity contribution in [2.24, 2.45) is 0 Å². The van der Waals surface area contributed by atoms with Crippen molar-refractivity contribution in [3.05, 3.63) is 23.9 Å². The summed E-state index contributed by atoms with van der Waals surface area (Å²) in [6, 6.07) is 5.25. The molecule has 2 bridgehead atoms. The molecule has 21 heavy (non-hydrogen) atoms. The molecular weight excluding hydrogens is 281 g/mol.